The molecule has 0 bridgehead atoms. The number of ether oxygens (including phenoxy) is 1. The minimum Gasteiger partial charge on any atom is -0.495 e. The molecule has 3 rings (SSSR count). The molecule has 8 heteroatoms. The first-order chi connectivity index (χ1) is 13.5. The van der Waals surface area contributed by atoms with Crippen LogP contribution < -0.4 is 10.1 Å². The molecule has 28 heavy (non-hydrogen) atoms. The fourth-order valence-electron chi connectivity index (χ4n) is 2.60. The molecule has 1 fully saturated rings. The van der Waals surface area contributed by atoms with Gasteiger partial charge in [-0.1, -0.05) is 54.3 Å². The summed E-state index contributed by atoms with van der Waals surface area (Å²) in [7, 11) is 1.52. The van der Waals surface area contributed by atoms with Gasteiger partial charge in [0, 0.05) is 18.5 Å². The van der Waals surface area contributed by atoms with E-state index in [2.05, 4.69) is 5.32 Å². The third-order valence-corrected chi connectivity index (χ3v) is 5.39. The van der Waals surface area contributed by atoms with E-state index >= 15 is 0 Å². The van der Waals surface area contributed by atoms with Crippen LogP contribution in [0.4, 0.5) is 10.1 Å². The number of nitrogens with zero attached hydrogens (tertiary/aromatic N) is 1. The molecule has 1 aliphatic rings. The van der Waals surface area contributed by atoms with Crippen LogP contribution in [0, 0.1) is 5.82 Å². The maximum absolute atomic E-state index is 13.8. The summed E-state index contributed by atoms with van der Waals surface area (Å²) in [6.07, 6.45) is 1.54. The molecule has 1 saturated heterocycles. The number of methoxy groups -OCH3 is 1. The molecule has 0 atom stereocenters. The molecule has 0 radical (unpaired) electrons. The van der Waals surface area contributed by atoms with E-state index in [0.29, 0.717) is 26.2 Å². The number of thioether (sulfide) groups is 1. The maximum atomic E-state index is 13.8. The van der Waals surface area contributed by atoms with Gasteiger partial charge in [-0.05, 0) is 24.3 Å². The quantitative estimate of drug-likeness (QED) is 0.568. The number of nitrogens with one attached hydrogen (secondary N) is 1. The van der Waals surface area contributed by atoms with E-state index in [1.165, 1.54) is 24.2 Å². The van der Waals surface area contributed by atoms with Crippen LogP contribution >= 0.6 is 24.0 Å². The van der Waals surface area contributed by atoms with E-state index in [9.17, 15) is 14.0 Å². The molecule has 5 nitrogen and oxygen atoms in total. The zero-order chi connectivity index (χ0) is 20.1. The molecule has 0 spiro atoms. The lowest BCUT2D eigenvalue weighted by Gasteiger charge is -2.15. The van der Waals surface area contributed by atoms with Gasteiger partial charge in [-0.15, -0.1) is 0 Å². The van der Waals surface area contributed by atoms with Crippen LogP contribution in [0.25, 0.3) is 6.08 Å². The summed E-state index contributed by atoms with van der Waals surface area (Å²) in [4.78, 5) is 26.5. The van der Waals surface area contributed by atoms with Crippen molar-refractivity contribution in [3.63, 3.8) is 0 Å². The van der Waals surface area contributed by atoms with E-state index in [0.717, 1.165) is 11.8 Å². The zero-order valence-electron chi connectivity index (χ0n) is 15.0. The number of carbonyl (C=O) groups excluding carboxylic acids is 2. The van der Waals surface area contributed by atoms with Crippen molar-refractivity contribution in [2.75, 3.05) is 19.0 Å². The molecule has 1 heterocycles. The van der Waals surface area contributed by atoms with Crippen molar-refractivity contribution in [3.8, 4) is 5.75 Å². The fourth-order valence-corrected chi connectivity index (χ4v) is 3.90. The second-order valence-corrected chi connectivity index (χ2v) is 7.53. The van der Waals surface area contributed by atoms with Gasteiger partial charge >= 0.3 is 0 Å². The lowest BCUT2D eigenvalue weighted by atomic mass is 10.2. The highest BCUT2D eigenvalue weighted by molar-refractivity contribution is 8.26. The summed E-state index contributed by atoms with van der Waals surface area (Å²) in [5.74, 6) is -0.460. The SMILES string of the molecule is COc1ccccc1NC(=O)CCN1C(=O)/C(=C/c2ccccc2F)SC1=S. The molecule has 144 valence electrons. The van der Waals surface area contributed by atoms with Gasteiger partial charge < -0.3 is 10.1 Å². The van der Waals surface area contributed by atoms with Crippen LogP contribution in [0.15, 0.2) is 53.4 Å². The van der Waals surface area contributed by atoms with Crippen LogP contribution in [-0.4, -0.2) is 34.7 Å². The summed E-state index contributed by atoms with van der Waals surface area (Å²) >= 11 is 6.34. The largest absolute Gasteiger partial charge is 0.495 e. The molecule has 0 aliphatic carbocycles. The predicted molar refractivity (Wildman–Crippen MR) is 113 cm³/mol. The number of rotatable bonds is 6. The second kappa shape index (κ2) is 8.99. The predicted octanol–water partition coefficient (Wildman–Crippen LogP) is 4.06. The number of para-hydroxylation sites is 2. The molecule has 2 amide bonds. The topological polar surface area (TPSA) is 58.6 Å². The summed E-state index contributed by atoms with van der Waals surface area (Å²) in [5, 5.41) is 2.76. The van der Waals surface area contributed by atoms with Crippen molar-refractivity contribution >= 4 is 51.9 Å². The van der Waals surface area contributed by atoms with Crippen molar-refractivity contribution in [3.05, 3.63) is 64.8 Å². The highest BCUT2D eigenvalue weighted by Gasteiger charge is 2.32. The normalized spacial score (nSPS) is 15.2. The molecule has 2 aromatic carbocycles. The van der Waals surface area contributed by atoms with Gasteiger partial charge in [0.2, 0.25) is 5.91 Å². The summed E-state index contributed by atoms with van der Waals surface area (Å²) < 4.78 is 19.4. The van der Waals surface area contributed by atoms with Crippen LogP contribution in [0.2, 0.25) is 0 Å². The van der Waals surface area contributed by atoms with Crippen LogP contribution in [0.5, 0.6) is 5.75 Å². The standard InChI is InChI=1S/C20H17FN2O3S2/c1-26-16-9-5-4-8-15(16)22-18(24)10-11-23-19(25)17(28-20(23)27)12-13-6-2-3-7-14(13)21/h2-9,12H,10-11H2,1H3,(H,22,24)/b17-12-. The molecular weight excluding hydrogens is 399 g/mol. The number of amides is 2. The van der Waals surface area contributed by atoms with E-state index < -0.39 is 5.82 Å². The number of benzene rings is 2. The van der Waals surface area contributed by atoms with Crippen LogP contribution in [0.3, 0.4) is 0 Å². The number of carbonyl (C=O) groups is 2. The highest BCUT2D eigenvalue weighted by atomic mass is 32.2. The number of halogens is 1. The van der Waals surface area contributed by atoms with Gasteiger partial charge in [-0.25, -0.2) is 4.39 Å². The Bertz CT molecular complexity index is 962. The van der Waals surface area contributed by atoms with Crippen molar-refractivity contribution in [1.82, 2.24) is 4.90 Å². The Morgan fingerprint density at radius 1 is 1.25 bits per heavy atom. The monoisotopic (exact) mass is 416 g/mol. The first-order valence-electron chi connectivity index (χ1n) is 8.42. The third kappa shape index (κ3) is 4.58. The Hall–Kier alpha value is -2.71. The molecule has 0 aromatic heterocycles. The number of anilines is 1. The minimum atomic E-state index is -0.413. The zero-order valence-corrected chi connectivity index (χ0v) is 16.6. The van der Waals surface area contributed by atoms with Crippen molar-refractivity contribution in [2.45, 2.75) is 6.42 Å². The van der Waals surface area contributed by atoms with E-state index in [-0.39, 0.29) is 24.8 Å². The Kier molecular flexibility index (Phi) is 6.43. The fraction of sp³-hybridized carbons (Fsp3) is 0.150. The van der Waals surface area contributed by atoms with Gasteiger partial charge in [-0.3, -0.25) is 14.5 Å². The van der Waals surface area contributed by atoms with Gasteiger partial charge in [0.05, 0.1) is 17.7 Å². The van der Waals surface area contributed by atoms with E-state index in [4.69, 9.17) is 17.0 Å². The Labute approximate surface area is 171 Å². The van der Waals surface area contributed by atoms with Gasteiger partial charge in [0.25, 0.3) is 5.91 Å². The molecule has 0 unspecified atom stereocenters. The van der Waals surface area contributed by atoms with Crippen molar-refractivity contribution in [2.24, 2.45) is 0 Å². The first-order valence-corrected chi connectivity index (χ1v) is 9.65. The molecular formula is C20H17FN2O3S2. The van der Waals surface area contributed by atoms with Crippen molar-refractivity contribution in [1.29, 1.82) is 0 Å². The lowest BCUT2D eigenvalue weighted by Crippen LogP contribution is -2.31. The Morgan fingerprint density at radius 3 is 2.71 bits per heavy atom. The smallest absolute Gasteiger partial charge is 0.266 e. The first kappa shape index (κ1) is 20.0. The summed E-state index contributed by atoms with van der Waals surface area (Å²) in [5.41, 5.74) is 0.872. The molecule has 2 aromatic rings. The van der Waals surface area contributed by atoms with Gasteiger partial charge in [0.1, 0.15) is 15.9 Å². The minimum absolute atomic E-state index is 0.0669. The molecule has 1 N–H and O–H groups in total. The molecule has 0 saturated carbocycles. The maximum Gasteiger partial charge on any atom is 0.266 e. The average Bonchev–Trinajstić information content (AvgIpc) is 2.95. The summed E-state index contributed by atoms with van der Waals surface area (Å²) in [6.45, 7) is 0.139. The van der Waals surface area contributed by atoms with Crippen molar-refractivity contribution < 1.29 is 18.7 Å². The summed E-state index contributed by atoms with van der Waals surface area (Å²) in [6, 6.07) is 13.2. The van der Waals surface area contributed by atoms with E-state index in [1.807, 2.05) is 0 Å². The van der Waals surface area contributed by atoms with Crippen LogP contribution in [0.1, 0.15) is 12.0 Å². The number of hydrogen-bond donors (Lipinski definition) is 1. The lowest BCUT2D eigenvalue weighted by molar-refractivity contribution is -0.122. The second-order valence-electron chi connectivity index (χ2n) is 5.85. The van der Waals surface area contributed by atoms with E-state index in [1.54, 1.807) is 42.5 Å². The number of thiocarbonyl (C=S) groups is 1. The van der Waals surface area contributed by atoms with Crippen LogP contribution in [-0.2, 0) is 9.59 Å². The van der Waals surface area contributed by atoms with Gasteiger partial charge in [0.15, 0.2) is 0 Å². The highest BCUT2D eigenvalue weighted by Crippen LogP contribution is 2.33. The Balaban J connectivity index is 1.63. The van der Waals surface area contributed by atoms with Gasteiger partial charge in [-0.2, -0.15) is 0 Å². The third-order valence-electron chi connectivity index (χ3n) is 4.01. The number of hydrogen-bond acceptors (Lipinski definition) is 5. The Morgan fingerprint density at radius 2 is 1.96 bits per heavy atom. The molecule has 1 aliphatic heterocycles. The average molecular weight is 416 g/mol.